The van der Waals surface area contributed by atoms with Crippen LogP contribution in [0.3, 0.4) is 0 Å². The van der Waals surface area contributed by atoms with E-state index in [1.807, 2.05) is 7.05 Å². The summed E-state index contributed by atoms with van der Waals surface area (Å²) >= 11 is 0. The molecule has 142 valence electrons. The molecule has 0 spiro atoms. The summed E-state index contributed by atoms with van der Waals surface area (Å²) in [6.07, 6.45) is 2.41. The van der Waals surface area contributed by atoms with E-state index in [9.17, 15) is 13.2 Å². The van der Waals surface area contributed by atoms with Gasteiger partial charge in [0.05, 0.1) is 4.90 Å². The SMILES string of the molecule is CNCCCC(=O)Nc1ccc(Oc2ccc(S(C)(=O)=O)cc2)cc1.Cl. The Labute approximate surface area is 160 Å². The van der Waals surface area contributed by atoms with Crippen LogP contribution in [0, 0.1) is 0 Å². The maximum Gasteiger partial charge on any atom is 0.224 e. The fourth-order valence-corrected chi connectivity index (χ4v) is 2.78. The Bertz CT molecular complexity index is 806. The van der Waals surface area contributed by atoms with E-state index >= 15 is 0 Å². The van der Waals surface area contributed by atoms with Crippen molar-refractivity contribution in [3.63, 3.8) is 0 Å². The van der Waals surface area contributed by atoms with Gasteiger partial charge >= 0.3 is 0 Å². The largest absolute Gasteiger partial charge is 0.457 e. The highest BCUT2D eigenvalue weighted by Crippen LogP contribution is 2.24. The van der Waals surface area contributed by atoms with Gasteiger partial charge in [-0.05, 0) is 68.5 Å². The number of carbonyl (C=O) groups excluding carboxylic acids is 1. The molecule has 0 atom stereocenters. The Morgan fingerprint density at radius 2 is 1.54 bits per heavy atom. The molecule has 0 aromatic heterocycles. The van der Waals surface area contributed by atoms with Gasteiger partial charge in [-0.3, -0.25) is 4.79 Å². The molecule has 1 amide bonds. The molecule has 0 saturated carbocycles. The molecular weight excluding hydrogens is 376 g/mol. The molecule has 0 radical (unpaired) electrons. The summed E-state index contributed by atoms with van der Waals surface area (Å²) in [7, 11) is -1.37. The molecule has 2 rings (SSSR count). The van der Waals surface area contributed by atoms with E-state index in [0.717, 1.165) is 19.2 Å². The fraction of sp³-hybridized carbons (Fsp3) is 0.278. The zero-order valence-corrected chi connectivity index (χ0v) is 16.3. The van der Waals surface area contributed by atoms with E-state index in [1.54, 1.807) is 36.4 Å². The Morgan fingerprint density at radius 3 is 2.04 bits per heavy atom. The second-order valence-corrected chi connectivity index (χ2v) is 7.64. The third kappa shape index (κ3) is 7.03. The van der Waals surface area contributed by atoms with Gasteiger partial charge in [-0.1, -0.05) is 0 Å². The van der Waals surface area contributed by atoms with Crippen LogP contribution in [0.5, 0.6) is 11.5 Å². The lowest BCUT2D eigenvalue weighted by Crippen LogP contribution is -2.15. The van der Waals surface area contributed by atoms with Gasteiger partial charge in [-0.25, -0.2) is 8.42 Å². The van der Waals surface area contributed by atoms with Crippen LogP contribution in [0.2, 0.25) is 0 Å². The van der Waals surface area contributed by atoms with E-state index in [1.165, 1.54) is 12.1 Å². The molecule has 0 saturated heterocycles. The highest BCUT2D eigenvalue weighted by Gasteiger charge is 2.07. The number of amides is 1. The second kappa shape index (κ2) is 10.2. The first-order valence-corrected chi connectivity index (χ1v) is 9.80. The molecule has 26 heavy (non-hydrogen) atoms. The van der Waals surface area contributed by atoms with Gasteiger partial charge in [0.2, 0.25) is 5.91 Å². The maximum atomic E-state index is 11.8. The maximum absolute atomic E-state index is 11.8. The predicted molar refractivity (Wildman–Crippen MR) is 105 cm³/mol. The van der Waals surface area contributed by atoms with Crippen LogP contribution in [-0.4, -0.2) is 34.2 Å². The number of rotatable bonds is 8. The van der Waals surface area contributed by atoms with E-state index in [4.69, 9.17) is 4.74 Å². The smallest absolute Gasteiger partial charge is 0.224 e. The van der Waals surface area contributed by atoms with Crippen LogP contribution < -0.4 is 15.4 Å². The average Bonchev–Trinajstić information content (AvgIpc) is 2.57. The first-order chi connectivity index (χ1) is 11.9. The van der Waals surface area contributed by atoms with E-state index < -0.39 is 9.84 Å². The molecule has 2 aromatic carbocycles. The van der Waals surface area contributed by atoms with Crippen molar-refractivity contribution in [2.75, 3.05) is 25.2 Å². The third-order valence-corrected chi connectivity index (χ3v) is 4.58. The van der Waals surface area contributed by atoms with Crippen LogP contribution in [0.25, 0.3) is 0 Å². The topological polar surface area (TPSA) is 84.5 Å². The first kappa shape index (κ1) is 22.0. The van der Waals surface area contributed by atoms with Gasteiger partial charge < -0.3 is 15.4 Å². The van der Waals surface area contributed by atoms with Crippen molar-refractivity contribution in [1.29, 1.82) is 0 Å². The summed E-state index contributed by atoms with van der Waals surface area (Å²) in [4.78, 5) is 12.0. The van der Waals surface area contributed by atoms with Crippen molar-refractivity contribution in [1.82, 2.24) is 5.32 Å². The van der Waals surface area contributed by atoms with E-state index in [2.05, 4.69) is 10.6 Å². The van der Waals surface area contributed by atoms with Gasteiger partial charge in [0.15, 0.2) is 9.84 Å². The van der Waals surface area contributed by atoms with Crippen molar-refractivity contribution >= 4 is 33.8 Å². The molecule has 2 aromatic rings. The summed E-state index contributed by atoms with van der Waals surface area (Å²) in [5.41, 5.74) is 0.703. The van der Waals surface area contributed by atoms with Crippen molar-refractivity contribution in [2.45, 2.75) is 17.7 Å². The van der Waals surface area contributed by atoms with Crippen LogP contribution in [0.4, 0.5) is 5.69 Å². The minimum Gasteiger partial charge on any atom is -0.457 e. The normalized spacial score (nSPS) is 10.7. The van der Waals surface area contributed by atoms with E-state index in [-0.39, 0.29) is 23.2 Å². The minimum atomic E-state index is -3.22. The average molecular weight is 399 g/mol. The highest BCUT2D eigenvalue weighted by atomic mass is 35.5. The third-order valence-electron chi connectivity index (χ3n) is 3.46. The lowest BCUT2D eigenvalue weighted by atomic mass is 10.2. The van der Waals surface area contributed by atoms with Crippen LogP contribution in [0.15, 0.2) is 53.4 Å². The molecule has 0 aliphatic heterocycles. The van der Waals surface area contributed by atoms with Gasteiger partial charge in [0, 0.05) is 18.4 Å². The molecule has 0 heterocycles. The Hall–Kier alpha value is -2.09. The fourth-order valence-electron chi connectivity index (χ4n) is 2.15. The molecule has 0 unspecified atom stereocenters. The molecule has 0 aliphatic rings. The Balaban J connectivity index is 0.00000338. The zero-order chi connectivity index (χ0) is 18.3. The van der Waals surface area contributed by atoms with Crippen molar-refractivity contribution in [3.05, 3.63) is 48.5 Å². The standard InChI is InChI=1S/C18H22N2O4S.ClH/c1-19-13-3-4-18(21)20-14-5-7-15(8-6-14)24-16-9-11-17(12-10-16)25(2,22)23;/h5-12,19H,3-4,13H2,1-2H3,(H,20,21);1H. The molecule has 6 nitrogen and oxygen atoms in total. The molecule has 8 heteroatoms. The number of hydrogen-bond acceptors (Lipinski definition) is 5. The number of carbonyl (C=O) groups is 1. The minimum absolute atomic E-state index is 0. The molecule has 0 bridgehead atoms. The van der Waals surface area contributed by atoms with Crippen LogP contribution >= 0.6 is 12.4 Å². The number of anilines is 1. The lowest BCUT2D eigenvalue weighted by Gasteiger charge is -2.08. The van der Waals surface area contributed by atoms with Crippen molar-refractivity contribution in [3.8, 4) is 11.5 Å². The van der Waals surface area contributed by atoms with Crippen LogP contribution in [0.1, 0.15) is 12.8 Å². The number of ether oxygens (including phenoxy) is 1. The molecule has 0 fully saturated rings. The number of sulfone groups is 1. The van der Waals surface area contributed by atoms with Gasteiger partial charge in [-0.2, -0.15) is 0 Å². The molecule has 0 aliphatic carbocycles. The summed E-state index contributed by atoms with van der Waals surface area (Å²) in [5, 5.41) is 5.83. The van der Waals surface area contributed by atoms with Gasteiger partial charge in [0.25, 0.3) is 0 Å². The summed E-state index contributed by atoms with van der Waals surface area (Å²) in [5.74, 6) is 1.11. The zero-order valence-electron chi connectivity index (χ0n) is 14.7. The number of hydrogen-bond donors (Lipinski definition) is 2. The van der Waals surface area contributed by atoms with Crippen molar-refractivity contribution in [2.24, 2.45) is 0 Å². The summed E-state index contributed by atoms with van der Waals surface area (Å²) < 4.78 is 28.5. The summed E-state index contributed by atoms with van der Waals surface area (Å²) in [6, 6.07) is 13.2. The monoisotopic (exact) mass is 398 g/mol. The highest BCUT2D eigenvalue weighted by molar-refractivity contribution is 7.90. The van der Waals surface area contributed by atoms with E-state index in [0.29, 0.717) is 23.6 Å². The van der Waals surface area contributed by atoms with Gasteiger partial charge in [-0.15, -0.1) is 12.4 Å². The Kier molecular flexibility index (Phi) is 8.57. The van der Waals surface area contributed by atoms with Crippen LogP contribution in [-0.2, 0) is 14.6 Å². The second-order valence-electron chi connectivity index (χ2n) is 5.63. The summed E-state index contributed by atoms with van der Waals surface area (Å²) in [6.45, 7) is 0.804. The number of halogens is 1. The lowest BCUT2D eigenvalue weighted by molar-refractivity contribution is -0.116. The van der Waals surface area contributed by atoms with Gasteiger partial charge in [0.1, 0.15) is 11.5 Å². The Morgan fingerprint density at radius 1 is 1.00 bits per heavy atom. The number of benzene rings is 2. The quantitative estimate of drug-likeness (QED) is 0.667. The molecule has 2 N–H and O–H groups in total. The molecular formula is C18H23ClN2O4S. The van der Waals surface area contributed by atoms with Crippen molar-refractivity contribution < 1.29 is 17.9 Å². The first-order valence-electron chi connectivity index (χ1n) is 7.91. The number of nitrogens with one attached hydrogen (secondary N) is 2. The predicted octanol–water partition coefficient (Wildman–Crippen LogP) is 3.24.